The minimum Gasteiger partial charge on any atom is -0.512 e. The van der Waals surface area contributed by atoms with Gasteiger partial charge in [0.05, 0.1) is 8.07 Å². The summed E-state index contributed by atoms with van der Waals surface area (Å²) in [6, 6.07) is 23.5. The van der Waals surface area contributed by atoms with Crippen molar-refractivity contribution in [3.8, 4) is 21.7 Å². The van der Waals surface area contributed by atoms with Crippen LogP contribution in [-0.4, -0.2) is 23.9 Å². The molecule has 0 saturated carbocycles. The molecular formula is C42H51FIrNO2SSi-. The number of aromatic nitrogens is 1. The smallest absolute Gasteiger partial charge is 0.164 e. The molecule has 3 nitrogen and oxygen atoms in total. The number of carbonyl (C=O) groups is 1. The Labute approximate surface area is 311 Å². The number of thiophene rings is 1. The minimum atomic E-state index is -1.59. The predicted molar refractivity (Wildman–Crippen MR) is 208 cm³/mol. The molecule has 0 fully saturated rings. The van der Waals surface area contributed by atoms with Crippen molar-refractivity contribution in [2.75, 3.05) is 0 Å². The number of pyridine rings is 1. The van der Waals surface area contributed by atoms with E-state index in [4.69, 9.17) is 4.98 Å². The van der Waals surface area contributed by atoms with Crippen molar-refractivity contribution in [3.05, 3.63) is 96.1 Å². The van der Waals surface area contributed by atoms with Gasteiger partial charge in [-0.3, -0.25) is 9.78 Å². The van der Waals surface area contributed by atoms with E-state index in [1.807, 2.05) is 59.9 Å². The number of rotatable bonds is 10. The molecule has 1 N–H and O–H groups in total. The molecule has 0 amide bonds. The Bertz CT molecular complexity index is 1950. The van der Waals surface area contributed by atoms with Crippen molar-refractivity contribution in [1.29, 1.82) is 0 Å². The molecule has 49 heavy (non-hydrogen) atoms. The van der Waals surface area contributed by atoms with E-state index in [2.05, 4.69) is 69.0 Å². The van der Waals surface area contributed by atoms with Crippen molar-refractivity contribution < 1.29 is 34.4 Å². The van der Waals surface area contributed by atoms with Crippen LogP contribution in [0.25, 0.3) is 42.6 Å². The Morgan fingerprint density at radius 3 is 2.10 bits per heavy atom. The molecule has 0 bridgehead atoms. The normalized spacial score (nSPS) is 12.4. The summed E-state index contributed by atoms with van der Waals surface area (Å²) in [6.07, 6.45) is 6.68. The van der Waals surface area contributed by atoms with Gasteiger partial charge < -0.3 is 5.11 Å². The number of fused-ring (bicyclic) bond motifs is 2. The second kappa shape index (κ2) is 16.4. The number of aliphatic hydroxyl groups excluding tert-OH is 1. The molecule has 7 heteroatoms. The first-order valence-electron chi connectivity index (χ1n) is 17.2. The number of hydrogen-bond donors (Lipinski definition) is 1. The maximum atomic E-state index is 14.5. The zero-order chi connectivity index (χ0) is 35.4. The summed E-state index contributed by atoms with van der Waals surface area (Å²) in [6.45, 7) is 21.3. The van der Waals surface area contributed by atoms with Crippen molar-refractivity contribution in [1.82, 2.24) is 4.98 Å². The number of carbonyl (C=O) groups excluding carboxylic acids is 1. The Kier molecular flexibility index (Phi) is 13.5. The first-order valence-corrected chi connectivity index (χ1v) is 21.5. The fraction of sp³-hybridized carbons (Fsp3) is 0.381. The van der Waals surface area contributed by atoms with Crippen molar-refractivity contribution in [2.45, 2.75) is 93.8 Å². The van der Waals surface area contributed by atoms with Crippen LogP contribution in [0.5, 0.6) is 0 Å². The molecule has 5 rings (SSSR count). The number of aliphatic hydroxyl groups is 1. The monoisotopic (exact) mass is 873 g/mol. The molecule has 0 aliphatic heterocycles. The van der Waals surface area contributed by atoms with Crippen LogP contribution in [-0.2, 0) is 24.9 Å². The average molecular weight is 873 g/mol. The summed E-state index contributed by atoms with van der Waals surface area (Å²) in [4.78, 5) is 17.9. The van der Waals surface area contributed by atoms with E-state index in [-0.39, 0.29) is 48.3 Å². The molecule has 0 atom stereocenters. The topological polar surface area (TPSA) is 50.2 Å². The maximum Gasteiger partial charge on any atom is 0.164 e. The van der Waals surface area contributed by atoms with Crippen LogP contribution >= 0.6 is 11.3 Å². The first kappa shape index (κ1) is 40.5. The second-order valence-corrected chi connectivity index (χ2v) is 20.5. The van der Waals surface area contributed by atoms with E-state index in [0.29, 0.717) is 5.56 Å². The maximum absolute atomic E-state index is 14.5. The molecule has 2 heterocycles. The van der Waals surface area contributed by atoms with Crippen LogP contribution < -0.4 is 5.19 Å². The van der Waals surface area contributed by atoms with E-state index in [9.17, 15) is 14.3 Å². The van der Waals surface area contributed by atoms with Crippen LogP contribution in [0.3, 0.4) is 0 Å². The number of halogens is 1. The number of ketones is 1. The van der Waals surface area contributed by atoms with E-state index in [1.165, 1.54) is 22.7 Å². The Hall–Kier alpha value is -2.96. The van der Waals surface area contributed by atoms with Crippen molar-refractivity contribution >= 4 is 51.2 Å². The zero-order valence-electron chi connectivity index (χ0n) is 30.7. The van der Waals surface area contributed by atoms with Gasteiger partial charge in [-0.05, 0) is 55.7 Å². The van der Waals surface area contributed by atoms with Crippen molar-refractivity contribution in [2.24, 2.45) is 10.8 Å². The van der Waals surface area contributed by atoms with Gasteiger partial charge in [0.1, 0.15) is 11.6 Å². The molecule has 0 unspecified atom stereocenters. The summed E-state index contributed by atoms with van der Waals surface area (Å²) in [5.41, 5.74) is 3.08. The summed E-state index contributed by atoms with van der Waals surface area (Å²) in [5, 5.41) is 15.1. The first-order chi connectivity index (χ1) is 22.6. The largest absolute Gasteiger partial charge is 0.512 e. The SMILES string of the molecule is CCC(C)(CC)C(=O)/C=C(\O)C(C)(CC)CC.Cc1cnc(-c2[c-]c3ccccc3c([Si](C)(C)C)c2)c2sc(-c3ccccc3F)cc12.[Ir]. The molecule has 0 aliphatic rings. The molecule has 5 aromatic rings. The molecule has 0 aliphatic carbocycles. The van der Waals surface area contributed by atoms with E-state index < -0.39 is 8.07 Å². The van der Waals surface area contributed by atoms with Crippen LogP contribution in [0.4, 0.5) is 4.39 Å². The van der Waals surface area contributed by atoms with Gasteiger partial charge in [0.25, 0.3) is 0 Å². The van der Waals surface area contributed by atoms with Gasteiger partial charge in [0.15, 0.2) is 5.78 Å². The number of allylic oxidation sites excluding steroid dienone is 2. The number of benzene rings is 3. The third-order valence-electron chi connectivity index (χ3n) is 10.3. The molecular weight excluding hydrogens is 822 g/mol. The van der Waals surface area contributed by atoms with Gasteiger partial charge >= 0.3 is 0 Å². The fourth-order valence-corrected chi connectivity index (χ4v) is 8.66. The average Bonchev–Trinajstić information content (AvgIpc) is 3.53. The molecule has 2 aromatic heterocycles. The third kappa shape index (κ3) is 8.68. The van der Waals surface area contributed by atoms with E-state index in [0.717, 1.165) is 62.9 Å². The molecule has 263 valence electrons. The Morgan fingerprint density at radius 1 is 0.918 bits per heavy atom. The summed E-state index contributed by atoms with van der Waals surface area (Å²) in [5.74, 6) is 0.0910. The van der Waals surface area contributed by atoms with E-state index >= 15 is 0 Å². The Morgan fingerprint density at radius 2 is 1.51 bits per heavy atom. The number of nitrogens with zero attached hydrogens (tertiary/aromatic N) is 1. The molecule has 0 saturated heterocycles. The second-order valence-electron chi connectivity index (χ2n) is 14.4. The van der Waals surface area contributed by atoms with Gasteiger partial charge in [-0.2, -0.15) is 0 Å². The molecule has 0 spiro atoms. The number of aryl methyl sites for hydroxylation is 1. The van der Waals surface area contributed by atoms with Gasteiger partial charge in [0, 0.05) is 64.0 Å². The van der Waals surface area contributed by atoms with Crippen molar-refractivity contribution in [3.63, 3.8) is 0 Å². The fourth-order valence-electron chi connectivity index (χ4n) is 5.80. The van der Waals surface area contributed by atoms with Crippen LogP contribution in [0.15, 0.2) is 78.7 Å². The van der Waals surface area contributed by atoms with Crippen LogP contribution in [0.2, 0.25) is 19.6 Å². The Balaban J connectivity index is 0.000000312. The number of hydrogen-bond acceptors (Lipinski definition) is 4. The van der Waals surface area contributed by atoms with Gasteiger partial charge in [-0.25, -0.2) is 4.39 Å². The standard InChI is InChI=1S/C27H23FNSSi.C15H28O2.Ir/c1-17-16-29-26(27-22(17)15-24(30-27)21-11-7-8-12-23(21)28)19-13-18-9-5-6-10-20(18)25(14-19)31(2,3)4;1-7-14(5,8-2)12(16)11-13(17)15(6,9-3)10-4;/h5-12,14-16H,1-4H3;11,16H,7-10H2,1-6H3;/q-1;;/b;12-11-;. The van der Waals surface area contributed by atoms with Gasteiger partial charge in [0.2, 0.25) is 0 Å². The predicted octanol–water partition coefficient (Wildman–Crippen LogP) is 12.2. The van der Waals surface area contributed by atoms with Gasteiger partial charge in [-0.1, -0.05) is 109 Å². The molecule has 3 aromatic carbocycles. The van der Waals surface area contributed by atoms with Gasteiger partial charge in [-0.15, -0.1) is 40.1 Å². The minimum absolute atomic E-state index is 0. The zero-order valence-corrected chi connectivity index (χ0v) is 34.9. The quantitative estimate of drug-likeness (QED) is 0.0658. The van der Waals surface area contributed by atoms with Crippen LogP contribution in [0, 0.1) is 29.6 Å². The molecule has 1 radical (unpaired) electrons. The summed E-state index contributed by atoms with van der Waals surface area (Å²) < 4.78 is 15.6. The summed E-state index contributed by atoms with van der Waals surface area (Å²) in [7, 11) is -1.59. The van der Waals surface area contributed by atoms with Crippen LogP contribution in [0.1, 0.15) is 72.8 Å². The third-order valence-corrected chi connectivity index (χ3v) is 13.5. The summed E-state index contributed by atoms with van der Waals surface area (Å²) >= 11 is 1.61. The van der Waals surface area contributed by atoms with E-state index in [1.54, 1.807) is 17.4 Å².